The van der Waals surface area contributed by atoms with Crippen molar-refractivity contribution in [2.24, 2.45) is 0 Å². The third-order valence-corrected chi connectivity index (χ3v) is 4.74. The predicted molar refractivity (Wildman–Crippen MR) is 97.6 cm³/mol. The van der Waals surface area contributed by atoms with E-state index < -0.39 is 22.1 Å². The molecule has 5 nitrogen and oxygen atoms in total. The lowest BCUT2D eigenvalue weighted by Crippen LogP contribution is -2.06. The number of hydrogen-bond acceptors (Lipinski definition) is 5. The van der Waals surface area contributed by atoms with Gasteiger partial charge >= 0.3 is 0 Å². The first-order valence-electron chi connectivity index (χ1n) is 7.90. The van der Waals surface area contributed by atoms with Gasteiger partial charge in [-0.1, -0.05) is 24.3 Å². The standard InChI is InChI=1S/C18H17F2N3O2S/c1-26(24,25)11-10-12-6-8-13(9-7-12)21-17-14-4-2-3-5-15(14)22-18(23-17)16(19)20/h2-9,16H,10-11H2,1H3,(H,21,22,23). The van der Waals surface area contributed by atoms with Crippen molar-refractivity contribution < 1.29 is 17.2 Å². The van der Waals surface area contributed by atoms with E-state index in [1.54, 1.807) is 48.5 Å². The molecule has 0 radical (unpaired) electrons. The van der Waals surface area contributed by atoms with Crippen LogP contribution in [0.5, 0.6) is 0 Å². The zero-order valence-electron chi connectivity index (χ0n) is 14.0. The van der Waals surface area contributed by atoms with Crippen LogP contribution < -0.4 is 5.32 Å². The molecule has 0 atom stereocenters. The van der Waals surface area contributed by atoms with E-state index >= 15 is 0 Å². The number of benzene rings is 2. The lowest BCUT2D eigenvalue weighted by atomic mass is 10.1. The highest BCUT2D eigenvalue weighted by Crippen LogP contribution is 2.27. The van der Waals surface area contributed by atoms with E-state index in [1.807, 2.05) is 0 Å². The zero-order chi connectivity index (χ0) is 18.7. The summed E-state index contributed by atoms with van der Waals surface area (Å²) in [5, 5.41) is 3.68. The Morgan fingerprint density at radius 3 is 2.38 bits per heavy atom. The molecule has 0 fully saturated rings. The number of nitrogens with zero attached hydrogens (tertiary/aromatic N) is 2. The van der Waals surface area contributed by atoms with E-state index in [-0.39, 0.29) is 5.75 Å². The average Bonchev–Trinajstić information content (AvgIpc) is 2.60. The second-order valence-corrected chi connectivity index (χ2v) is 8.21. The van der Waals surface area contributed by atoms with Gasteiger partial charge in [-0.05, 0) is 36.2 Å². The molecule has 0 spiro atoms. The molecule has 0 saturated heterocycles. The molecular formula is C18H17F2N3O2S. The summed E-state index contributed by atoms with van der Waals surface area (Å²) >= 11 is 0. The largest absolute Gasteiger partial charge is 0.340 e. The molecule has 3 aromatic rings. The van der Waals surface area contributed by atoms with Gasteiger partial charge < -0.3 is 5.32 Å². The second kappa shape index (κ2) is 7.33. The van der Waals surface area contributed by atoms with Crippen LogP contribution in [0, 0.1) is 0 Å². The van der Waals surface area contributed by atoms with Crippen molar-refractivity contribution in [3.8, 4) is 0 Å². The van der Waals surface area contributed by atoms with Crippen LogP contribution in [0.25, 0.3) is 10.9 Å². The first-order chi connectivity index (χ1) is 12.3. The molecule has 0 amide bonds. The minimum Gasteiger partial charge on any atom is -0.340 e. The number of para-hydroxylation sites is 1. The van der Waals surface area contributed by atoms with Gasteiger partial charge in [0.05, 0.1) is 11.3 Å². The predicted octanol–water partition coefficient (Wildman–Crippen LogP) is 3.90. The van der Waals surface area contributed by atoms with Crippen LogP contribution in [-0.2, 0) is 16.3 Å². The molecule has 0 aliphatic carbocycles. The van der Waals surface area contributed by atoms with Gasteiger partial charge in [0.1, 0.15) is 15.7 Å². The molecule has 26 heavy (non-hydrogen) atoms. The van der Waals surface area contributed by atoms with Gasteiger partial charge in [-0.15, -0.1) is 0 Å². The molecule has 1 aromatic heterocycles. The molecule has 2 aromatic carbocycles. The smallest absolute Gasteiger partial charge is 0.297 e. The van der Waals surface area contributed by atoms with Crippen molar-refractivity contribution >= 4 is 32.2 Å². The maximum atomic E-state index is 13.0. The normalized spacial score (nSPS) is 11.8. The first kappa shape index (κ1) is 18.2. The monoisotopic (exact) mass is 377 g/mol. The van der Waals surface area contributed by atoms with E-state index in [0.717, 1.165) is 5.56 Å². The number of aryl methyl sites for hydroxylation is 1. The van der Waals surface area contributed by atoms with Gasteiger partial charge in [0, 0.05) is 17.3 Å². The maximum Gasteiger partial charge on any atom is 0.297 e. The van der Waals surface area contributed by atoms with Crippen LogP contribution in [0.2, 0.25) is 0 Å². The molecule has 1 heterocycles. The number of aromatic nitrogens is 2. The summed E-state index contributed by atoms with van der Waals surface area (Å²) in [7, 11) is -3.02. The Hall–Kier alpha value is -2.61. The molecule has 0 saturated carbocycles. The topological polar surface area (TPSA) is 72.0 Å². The molecular weight excluding hydrogens is 360 g/mol. The highest BCUT2D eigenvalue weighted by molar-refractivity contribution is 7.90. The SMILES string of the molecule is CS(=O)(=O)CCc1ccc(Nc2nc(C(F)F)nc3ccccc23)cc1. The number of alkyl halides is 2. The third kappa shape index (κ3) is 4.51. The summed E-state index contributed by atoms with van der Waals surface area (Å²) < 4.78 is 48.6. The number of hydrogen-bond donors (Lipinski definition) is 1. The van der Waals surface area contributed by atoms with E-state index in [4.69, 9.17) is 0 Å². The van der Waals surface area contributed by atoms with E-state index in [0.29, 0.717) is 28.8 Å². The molecule has 0 unspecified atom stereocenters. The molecule has 0 bridgehead atoms. The minimum atomic E-state index is -3.02. The van der Waals surface area contributed by atoms with Crippen molar-refractivity contribution in [1.82, 2.24) is 9.97 Å². The van der Waals surface area contributed by atoms with Crippen LogP contribution in [0.3, 0.4) is 0 Å². The quantitative estimate of drug-likeness (QED) is 0.705. The van der Waals surface area contributed by atoms with Crippen molar-refractivity contribution in [2.75, 3.05) is 17.3 Å². The van der Waals surface area contributed by atoms with Crippen LogP contribution in [-0.4, -0.2) is 30.4 Å². The van der Waals surface area contributed by atoms with Gasteiger partial charge in [-0.3, -0.25) is 0 Å². The number of halogens is 2. The summed E-state index contributed by atoms with van der Waals surface area (Å²) in [6.45, 7) is 0. The highest BCUT2D eigenvalue weighted by atomic mass is 32.2. The molecule has 0 aliphatic heterocycles. The van der Waals surface area contributed by atoms with E-state index in [9.17, 15) is 17.2 Å². The summed E-state index contributed by atoms with van der Waals surface area (Å²) in [6.07, 6.45) is -1.15. The Labute approximate surface area is 150 Å². The zero-order valence-corrected chi connectivity index (χ0v) is 14.8. The van der Waals surface area contributed by atoms with Gasteiger partial charge in [-0.25, -0.2) is 27.2 Å². The minimum absolute atomic E-state index is 0.0775. The highest BCUT2D eigenvalue weighted by Gasteiger charge is 2.15. The lowest BCUT2D eigenvalue weighted by Gasteiger charge is -2.11. The Bertz CT molecular complexity index is 1020. The summed E-state index contributed by atoms with van der Waals surface area (Å²) in [5.41, 5.74) is 1.98. The number of nitrogens with one attached hydrogen (secondary N) is 1. The van der Waals surface area contributed by atoms with Crippen LogP contribution in [0.1, 0.15) is 17.8 Å². The van der Waals surface area contributed by atoms with Gasteiger partial charge in [0.25, 0.3) is 6.43 Å². The molecule has 3 rings (SSSR count). The Morgan fingerprint density at radius 2 is 1.73 bits per heavy atom. The van der Waals surface area contributed by atoms with Gasteiger partial charge in [0.15, 0.2) is 5.82 Å². The fourth-order valence-corrected chi connectivity index (χ4v) is 3.09. The van der Waals surface area contributed by atoms with Crippen molar-refractivity contribution in [1.29, 1.82) is 0 Å². The van der Waals surface area contributed by atoms with Gasteiger partial charge in [0.2, 0.25) is 0 Å². The summed E-state index contributed by atoms with van der Waals surface area (Å²) in [5.74, 6) is -0.153. The fraction of sp³-hybridized carbons (Fsp3) is 0.222. The molecule has 0 aliphatic rings. The number of rotatable bonds is 6. The summed E-state index contributed by atoms with van der Waals surface area (Å²) in [4.78, 5) is 7.82. The van der Waals surface area contributed by atoms with Crippen molar-refractivity contribution in [3.05, 3.63) is 59.9 Å². The second-order valence-electron chi connectivity index (χ2n) is 5.95. The number of sulfone groups is 1. The van der Waals surface area contributed by atoms with Gasteiger partial charge in [-0.2, -0.15) is 0 Å². The Kier molecular flexibility index (Phi) is 5.13. The average molecular weight is 377 g/mol. The maximum absolute atomic E-state index is 13.0. The Balaban J connectivity index is 1.86. The third-order valence-electron chi connectivity index (χ3n) is 3.79. The first-order valence-corrected chi connectivity index (χ1v) is 9.96. The molecule has 1 N–H and O–H groups in total. The Morgan fingerprint density at radius 1 is 1.04 bits per heavy atom. The number of anilines is 2. The fourth-order valence-electron chi connectivity index (χ4n) is 2.48. The van der Waals surface area contributed by atoms with Crippen molar-refractivity contribution in [3.63, 3.8) is 0 Å². The van der Waals surface area contributed by atoms with Crippen LogP contribution in [0.15, 0.2) is 48.5 Å². The van der Waals surface area contributed by atoms with Crippen LogP contribution >= 0.6 is 0 Å². The summed E-state index contributed by atoms with van der Waals surface area (Å²) in [6, 6.07) is 14.0. The van der Waals surface area contributed by atoms with Crippen molar-refractivity contribution in [2.45, 2.75) is 12.8 Å². The molecule has 8 heteroatoms. The van der Waals surface area contributed by atoms with E-state index in [2.05, 4.69) is 15.3 Å². The lowest BCUT2D eigenvalue weighted by molar-refractivity contribution is 0.141. The van der Waals surface area contributed by atoms with E-state index in [1.165, 1.54) is 6.26 Å². The number of fused-ring (bicyclic) bond motifs is 1. The van der Waals surface area contributed by atoms with Crippen LogP contribution in [0.4, 0.5) is 20.3 Å². The molecule has 136 valence electrons.